The van der Waals surface area contributed by atoms with Crippen LogP contribution in [0.4, 0.5) is 0 Å². The van der Waals surface area contributed by atoms with Gasteiger partial charge in [0.05, 0.1) is 11.1 Å². The summed E-state index contributed by atoms with van der Waals surface area (Å²) in [7, 11) is 0. The molecule has 3 nitrogen and oxygen atoms in total. The first kappa shape index (κ1) is 17.8. The van der Waals surface area contributed by atoms with E-state index in [0.717, 1.165) is 15.6 Å². The van der Waals surface area contributed by atoms with E-state index in [9.17, 15) is 4.79 Å². The van der Waals surface area contributed by atoms with Crippen LogP contribution in [0.2, 0.25) is 0 Å². The van der Waals surface area contributed by atoms with E-state index >= 15 is 0 Å². The Balaban J connectivity index is 1.70. The fraction of sp³-hybridized carbons (Fsp3) is 0. The molecule has 0 atom stereocenters. The molecule has 25 heavy (non-hydrogen) atoms. The Morgan fingerprint density at radius 1 is 1.04 bits per heavy atom. The van der Waals surface area contributed by atoms with E-state index in [1.165, 1.54) is 16.8 Å². The lowest BCUT2D eigenvalue weighted by Crippen LogP contribution is -2.22. The topological polar surface area (TPSA) is 32.7 Å². The summed E-state index contributed by atoms with van der Waals surface area (Å²) < 4.78 is 1.42. The largest absolute Gasteiger partial charge is 0.286 e. The van der Waals surface area contributed by atoms with E-state index in [-0.39, 0.29) is 5.91 Å². The van der Waals surface area contributed by atoms with Gasteiger partial charge in [0, 0.05) is 4.47 Å². The van der Waals surface area contributed by atoms with Gasteiger partial charge < -0.3 is 0 Å². The molecule has 1 fully saturated rings. The van der Waals surface area contributed by atoms with Gasteiger partial charge in [-0.25, -0.2) is 0 Å². The van der Waals surface area contributed by atoms with Gasteiger partial charge in [0.2, 0.25) is 0 Å². The molecule has 2 aromatic rings. The number of allylic oxidation sites excluding steroid dienone is 2. The lowest BCUT2D eigenvalue weighted by molar-refractivity contribution is -0.122. The summed E-state index contributed by atoms with van der Waals surface area (Å²) in [5.74, 6) is -0.207. The third kappa shape index (κ3) is 4.75. The van der Waals surface area contributed by atoms with Gasteiger partial charge in [-0.3, -0.25) is 4.79 Å². The van der Waals surface area contributed by atoms with E-state index in [4.69, 9.17) is 12.2 Å². The number of thioether (sulfide) groups is 1. The Kier molecular flexibility index (Phi) is 5.96. The van der Waals surface area contributed by atoms with Crippen LogP contribution in [0.1, 0.15) is 11.1 Å². The van der Waals surface area contributed by atoms with Crippen LogP contribution < -0.4 is 0 Å². The number of nitrogens with zero attached hydrogens (tertiary/aromatic N) is 2. The zero-order valence-corrected chi connectivity index (χ0v) is 16.2. The van der Waals surface area contributed by atoms with Crippen molar-refractivity contribution >= 4 is 62.4 Å². The van der Waals surface area contributed by atoms with E-state index in [1.807, 2.05) is 66.7 Å². The number of hydrogen-bond donors (Lipinski definition) is 0. The maximum atomic E-state index is 12.4. The van der Waals surface area contributed by atoms with Gasteiger partial charge in [-0.15, -0.1) is 0 Å². The number of hydrogen-bond acceptors (Lipinski definition) is 4. The van der Waals surface area contributed by atoms with Crippen molar-refractivity contribution in [1.29, 1.82) is 0 Å². The second-order valence-electron chi connectivity index (χ2n) is 5.08. The van der Waals surface area contributed by atoms with Crippen molar-refractivity contribution in [1.82, 2.24) is 5.01 Å². The van der Waals surface area contributed by atoms with Crippen molar-refractivity contribution in [2.45, 2.75) is 0 Å². The predicted octanol–water partition coefficient (Wildman–Crippen LogP) is 5.24. The van der Waals surface area contributed by atoms with Gasteiger partial charge in [0.25, 0.3) is 5.91 Å². The van der Waals surface area contributed by atoms with Crippen LogP contribution in [0.5, 0.6) is 0 Å². The van der Waals surface area contributed by atoms with Crippen molar-refractivity contribution < 1.29 is 4.79 Å². The maximum Gasteiger partial charge on any atom is 0.286 e. The van der Waals surface area contributed by atoms with Crippen LogP contribution in [0, 0.1) is 0 Å². The molecule has 1 heterocycles. The number of carbonyl (C=O) groups excluding carboxylic acids is 1. The average Bonchev–Trinajstić information content (AvgIpc) is 2.89. The van der Waals surface area contributed by atoms with Crippen molar-refractivity contribution in [2.75, 3.05) is 0 Å². The highest BCUT2D eigenvalue weighted by Gasteiger charge is 2.31. The minimum Gasteiger partial charge on any atom is -0.266 e. The minimum absolute atomic E-state index is 0.207. The summed E-state index contributed by atoms with van der Waals surface area (Å²) in [6.45, 7) is 0. The smallest absolute Gasteiger partial charge is 0.266 e. The number of benzene rings is 2. The molecule has 0 radical (unpaired) electrons. The molecule has 0 aliphatic carbocycles. The van der Waals surface area contributed by atoms with Crippen LogP contribution in [0.25, 0.3) is 6.08 Å². The SMILES string of the molecule is O=C1/C(=C\C=C/c2ccccc2)SC(=S)N1/N=C/c1ccc(Br)cc1. The lowest BCUT2D eigenvalue weighted by Gasteiger charge is -2.05. The standard InChI is InChI=1S/C19H13BrN2OS2/c20-16-11-9-15(10-12-16)13-21-22-18(23)17(25-19(22)24)8-4-7-14-5-2-1-3-6-14/h1-13H/b7-4-,17-8+,21-13+. The summed E-state index contributed by atoms with van der Waals surface area (Å²) in [4.78, 5) is 13.0. The van der Waals surface area contributed by atoms with Gasteiger partial charge in [-0.05, 0) is 41.6 Å². The summed E-state index contributed by atoms with van der Waals surface area (Å²) >= 11 is 9.89. The van der Waals surface area contributed by atoms with E-state index < -0.39 is 0 Å². The predicted molar refractivity (Wildman–Crippen MR) is 112 cm³/mol. The highest BCUT2D eigenvalue weighted by Crippen LogP contribution is 2.31. The van der Waals surface area contributed by atoms with Crippen molar-refractivity contribution in [2.24, 2.45) is 5.10 Å². The first-order chi connectivity index (χ1) is 12.1. The summed E-state index contributed by atoms with van der Waals surface area (Å²) in [5, 5.41) is 5.47. The fourth-order valence-corrected chi connectivity index (χ4v) is 3.45. The monoisotopic (exact) mass is 428 g/mol. The number of amides is 1. The van der Waals surface area contributed by atoms with Crippen LogP contribution in [-0.4, -0.2) is 21.5 Å². The highest BCUT2D eigenvalue weighted by atomic mass is 79.9. The zero-order chi connectivity index (χ0) is 17.6. The Hall–Kier alpha value is -2.02. The molecule has 1 aliphatic rings. The minimum atomic E-state index is -0.207. The van der Waals surface area contributed by atoms with Gasteiger partial charge in [-0.2, -0.15) is 10.1 Å². The molecule has 1 aliphatic heterocycles. The number of rotatable bonds is 4. The molecule has 0 bridgehead atoms. The number of halogens is 1. The van der Waals surface area contributed by atoms with Gasteiger partial charge in [0.1, 0.15) is 0 Å². The first-order valence-corrected chi connectivity index (χ1v) is 9.44. The molecular weight excluding hydrogens is 416 g/mol. The van der Waals surface area contributed by atoms with Gasteiger partial charge >= 0.3 is 0 Å². The van der Waals surface area contributed by atoms with Crippen molar-refractivity contribution in [3.8, 4) is 0 Å². The molecule has 6 heteroatoms. The fourth-order valence-electron chi connectivity index (χ4n) is 2.06. The van der Waals surface area contributed by atoms with Crippen LogP contribution in [-0.2, 0) is 4.79 Å². The Labute approximate surface area is 164 Å². The van der Waals surface area contributed by atoms with E-state index in [0.29, 0.717) is 9.23 Å². The van der Waals surface area contributed by atoms with E-state index in [2.05, 4.69) is 21.0 Å². The number of carbonyl (C=O) groups is 1. The molecule has 0 saturated carbocycles. The Bertz CT molecular complexity index is 874. The van der Waals surface area contributed by atoms with Gasteiger partial charge in [-0.1, -0.05) is 82.3 Å². The third-order valence-corrected chi connectivity index (χ3v) is 5.13. The van der Waals surface area contributed by atoms with Crippen LogP contribution in [0.3, 0.4) is 0 Å². The summed E-state index contributed by atoms with van der Waals surface area (Å²) in [6, 6.07) is 17.5. The normalized spacial score (nSPS) is 16.7. The molecule has 0 aromatic heterocycles. The maximum absolute atomic E-state index is 12.4. The van der Waals surface area contributed by atoms with Crippen molar-refractivity contribution in [3.05, 3.63) is 87.3 Å². The van der Waals surface area contributed by atoms with Crippen LogP contribution >= 0.6 is 39.9 Å². The summed E-state index contributed by atoms with van der Waals surface area (Å²) in [5.41, 5.74) is 1.97. The molecular formula is C19H13BrN2OS2. The quantitative estimate of drug-likeness (QED) is 0.379. The van der Waals surface area contributed by atoms with E-state index in [1.54, 1.807) is 12.3 Å². The second-order valence-corrected chi connectivity index (χ2v) is 7.67. The molecule has 0 spiro atoms. The zero-order valence-electron chi connectivity index (χ0n) is 13.0. The first-order valence-electron chi connectivity index (χ1n) is 7.43. The Morgan fingerprint density at radius 3 is 2.48 bits per heavy atom. The molecule has 1 amide bonds. The average molecular weight is 429 g/mol. The molecule has 1 saturated heterocycles. The van der Waals surface area contributed by atoms with Gasteiger partial charge in [0.15, 0.2) is 4.32 Å². The molecule has 2 aromatic carbocycles. The lowest BCUT2D eigenvalue weighted by atomic mass is 10.2. The molecule has 3 rings (SSSR count). The molecule has 0 unspecified atom stereocenters. The van der Waals surface area contributed by atoms with Crippen molar-refractivity contribution in [3.63, 3.8) is 0 Å². The highest BCUT2D eigenvalue weighted by molar-refractivity contribution is 9.10. The molecule has 0 N–H and O–H groups in total. The summed E-state index contributed by atoms with van der Waals surface area (Å²) in [6.07, 6.45) is 7.18. The molecule has 124 valence electrons. The Morgan fingerprint density at radius 2 is 1.76 bits per heavy atom. The number of thiocarbonyl (C=S) groups is 1. The number of hydrazone groups is 1. The second kappa shape index (κ2) is 8.38. The van der Waals surface area contributed by atoms with Crippen LogP contribution in [0.15, 0.2) is 81.2 Å². The third-order valence-electron chi connectivity index (χ3n) is 3.30.